The molecule has 4 rings (SSSR count). The predicted molar refractivity (Wildman–Crippen MR) is 116 cm³/mol. The quantitative estimate of drug-likeness (QED) is 0.363. The summed E-state index contributed by atoms with van der Waals surface area (Å²) in [6.45, 7) is 3.11. The number of para-hydroxylation sites is 1. The van der Waals surface area contributed by atoms with Crippen molar-refractivity contribution in [3.8, 4) is 18.1 Å². The lowest BCUT2D eigenvalue weighted by Crippen LogP contribution is -2.48. The molecule has 1 aromatic heterocycles. The Kier molecular flexibility index (Phi) is 5.38. The first-order valence-electron chi connectivity index (χ1n) is 9.68. The minimum absolute atomic E-state index is 0.0707. The molecule has 1 N–H and O–H groups in total. The molecule has 0 amide bonds. The van der Waals surface area contributed by atoms with Gasteiger partial charge in [0.25, 0.3) is 5.79 Å². The molecule has 0 saturated carbocycles. The second kappa shape index (κ2) is 8.01. The van der Waals surface area contributed by atoms with E-state index in [1.807, 2.05) is 24.3 Å². The van der Waals surface area contributed by atoms with Crippen molar-refractivity contribution in [1.82, 2.24) is 4.98 Å². The average molecular weight is 438 g/mol. The molecule has 0 radical (unpaired) electrons. The Balaban J connectivity index is 1.85. The highest BCUT2D eigenvalue weighted by molar-refractivity contribution is 6.32. The van der Waals surface area contributed by atoms with Crippen molar-refractivity contribution in [2.75, 3.05) is 6.61 Å². The van der Waals surface area contributed by atoms with Gasteiger partial charge in [0, 0.05) is 36.9 Å². The lowest BCUT2D eigenvalue weighted by atomic mass is 9.80. The number of hydrogen-bond donors (Lipinski definition) is 1. The number of carbonyl (C=O) groups excluding carboxylic acids is 2. The third-order valence-electron chi connectivity index (χ3n) is 5.12. The number of carbonyl (C=O) groups is 2. The molecular weight excluding hydrogens is 418 g/mol. The number of rotatable bonds is 5. The first-order valence-corrected chi connectivity index (χ1v) is 10.1. The summed E-state index contributed by atoms with van der Waals surface area (Å²) in [4.78, 5) is 29.1. The van der Waals surface area contributed by atoms with Crippen molar-refractivity contribution in [2.24, 2.45) is 5.92 Å². The van der Waals surface area contributed by atoms with Crippen molar-refractivity contribution in [3.05, 3.63) is 64.8 Å². The fourth-order valence-corrected chi connectivity index (χ4v) is 4.09. The molecule has 1 saturated heterocycles. The first kappa shape index (κ1) is 20.8. The number of nitrogens with one attached hydrogen (secondary N) is 1. The number of H-pyrrole nitrogens is 1. The monoisotopic (exact) mass is 437 g/mol. The van der Waals surface area contributed by atoms with E-state index in [1.54, 1.807) is 24.4 Å². The number of halogens is 1. The molecule has 1 atom stereocenters. The maximum atomic E-state index is 12.9. The Morgan fingerprint density at radius 3 is 2.58 bits per heavy atom. The van der Waals surface area contributed by atoms with Gasteiger partial charge in [0.2, 0.25) is 0 Å². The Morgan fingerprint density at radius 1 is 1.19 bits per heavy atom. The number of esters is 2. The normalized spacial score (nSPS) is 17.0. The van der Waals surface area contributed by atoms with Gasteiger partial charge < -0.3 is 19.2 Å². The lowest BCUT2D eigenvalue weighted by molar-refractivity contribution is -0.240. The molecule has 0 spiro atoms. The van der Waals surface area contributed by atoms with E-state index in [4.69, 9.17) is 32.2 Å². The van der Waals surface area contributed by atoms with E-state index in [9.17, 15) is 9.59 Å². The molecular formula is C24H20ClNO5. The van der Waals surface area contributed by atoms with Crippen LogP contribution in [0.2, 0.25) is 5.02 Å². The smallest absolute Gasteiger partial charge is 0.324 e. The van der Waals surface area contributed by atoms with Crippen molar-refractivity contribution in [2.45, 2.75) is 25.6 Å². The maximum Gasteiger partial charge on any atom is 0.324 e. The fraction of sp³-hybridized carbons (Fsp3) is 0.250. The summed E-state index contributed by atoms with van der Waals surface area (Å²) in [5.41, 5.74) is 2.27. The van der Waals surface area contributed by atoms with E-state index in [1.165, 1.54) is 13.8 Å². The van der Waals surface area contributed by atoms with Gasteiger partial charge in [0.1, 0.15) is 12.4 Å². The van der Waals surface area contributed by atoms with E-state index in [0.717, 1.165) is 16.5 Å². The van der Waals surface area contributed by atoms with Crippen molar-refractivity contribution in [3.63, 3.8) is 0 Å². The molecule has 158 valence electrons. The van der Waals surface area contributed by atoms with Crippen molar-refractivity contribution >= 4 is 34.4 Å². The number of fused-ring (bicyclic) bond motifs is 1. The van der Waals surface area contributed by atoms with Gasteiger partial charge in [-0.2, -0.15) is 0 Å². The molecule has 0 unspecified atom stereocenters. The zero-order valence-electron chi connectivity index (χ0n) is 17.0. The Morgan fingerprint density at radius 2 is 1.90 bits per heavy atom. The van der Waals surface area contributed by atoms with Gasteiger partial charge in [-0.25, -0.2) is 0 Å². The van der Waals surface area contributed by atoms with E-state index >= 15 is 0 Å². The number of aromatic nitrogens is 1. The van der Waals surface area contributed by atoms with E-state index < -0.39 is 29.6 Å². The number of aromatic amines is 1. The lowest BCUT2D eigenvalue weighted by Gasteiger charge is -2.36. The molecule has 31 heavy (non-hydrogen) atoms. The van der Waals surface area contributed by atoms with Crippen LogP contribution in [0.1, 0.15) is 30.9 Å². The number of terminal acetylenes is 1. The average Bonchev–Trinajstić information content (AvgIpc) is 3.13. The van der Waals surface area contributed by atoms with Crippen LogP contribution in [0.15, 0.2) is 48.7 Å². The molecule has 7 heteroatoms. The number of hydrogen-bond acceptors (Lipinski definition) is 5. The van der Waals surface area contributed by atoms with Gasteiger partial charge in [0.05, 0.1) is 5.02 Å². The van der Waals surface area contributed by atoms with Crippen LogP contribution in [0.5, 0.6) is 5.75 Å². The summed E-state index contributed by atoms with van der Waals surface area (Å²) in [7, 11) is 0. The van der Waals surface area contributed by atoms with Crippen LogP contribution in [0.4, 0.5) is 0 Å². The second-order valence-corrected chi connectivity index (χ2v) is 8.08. The molecule has 0 aliphatic carbocycles. The number of benzene rings is 2. The minimum Gasteiger partial charge on any atom is -0.479 e. The zero-order chi connectivity index (χ0) is 22.2. The van der Waals surface area contributed by atoms with Crippen LogP contribution in [0, 0.1) is 18.3 Å². The van der Waals surface area contributed by atoms with Gasteiger partial charge in [-0.05, 0) is 29.3 Å². The van der Waals surface area contributed by atoms with Crippen LogP contribution >= 0.6 is 11.6 Å². The zero-order valence-corrected chi connectivity index (χ0v) is 17.7. The van der Waals surface area contributed by atoms with Crippen LogP contribution in [0.25, 0.3) is 10.9 Å². The summed E-state index contributed by atoms with van der Waals surface area (Å²) in [5.74, 6) is -1.71. The fourth-order valence-electron chi connectivity index (χ4n) is 3.85. The Bertz CT molecular complexity index is 1190. The molecule has 1 aliphatic rings. The van der Waals surface area contributed by atoms with Crippen molar-refractivity contribution in [1.29, 1.82) is 0 Å². The minimum atomic E-state index is -1.32. The topological polar surface area (TPSA) is 77.6 Å². The highest BCUT2D eigenvalue weighted by Crippen LogP contribution is 2.42. The molecule has 2 aromatic carbocycles. The molecule has 2 heterocycles. The van der Waals surface area contributed by atoms with Gasteiger partial charge in [-0.1, -0.05) is 41.8 Å². The molecule has 1 fully saturated rings. The van der Waals surface area contributed by atoms with E-state index in [2.05, 4.69) is 10.9 Å². The highest BCUT2D eigenvalue weighted by atomic mass is 35.5. The van der Waals surface area contributed by atoms with E-state index in [0.29, 0.717) is 16.3 Å². The molecule has 6 nitrogen and oxygen atoms in total. The first-order chi connectivity index (χ1) is 14.8. The van der Waals surface area contributed by atoms with Crippen LogP contribution < -0.4 is 4.74 Å². The maximum absolute atomic E-state index is 12.9. The second-order valence-electron chi connectivity index (χ2n) is 7.67. The van der Waals surface area contributed by atoms with E-state index in [-0.39, 0.29) is 6.61 Å². The summed E-state index contributed by atoms with van der Waals surface area (Å²) >= 11 is 6.41. The molecule has 1 aliphatic heterocycles. The summed E-state index contributed by atoms with van der Waals surface area (Å²) in [5, 5.41) is 1.19. The third-order valence-corrected chi connectivity index (χ3v) is 5.41. The third kappa shape index (κ3) is 3.97. The van der Waals surface area contributed by atoms with Gasteiger partial charge in [0.15, 0.2) is 5.92 Å². The highest BCUT2D eigenvalue weighted by Gasteiger charge is 2.48. The standard InChI is InChI=1S/C24H20ClNO5/c1-4-11-29-19-10-9-14(12-17(19)25)20(16-13-26-18-8-6-5-7-15(16)18)21-22(27)30-24(2,3)31-23(21)28/h1,5-10,12-13,20-21,26H,11H2,2-3H3/t20-/m1/s1. The molecule has 3 aromatic rings. The van der Waals surface area contributed by atoms with Crippen LogP contribution in [0.3, 0.4) is 0 Å². The summed E-state index contributed by atoms with van der Waals surface area (Å²) < 4.78 is 16.2. The van der Waals surface area contributed by atoms with Gasteiger partial charge >= 0.3 is 11.9 Å². The largest absolute Gasteiger partial charge is 0.479 e. The van der Waals surface area contributed by atoms with Crippen LogP contribution in [-0.2, 0) is 19.1 Å². The summed E-state index contributed by atoms with van der Waals surface area (Å²) in [6.07, 6.45) is 7.03. The molecule has 0 bridgehead atoms. The van der Waals surface area contributed by atoms with Gasteiger partial charge in [-0.15, -0.1) is 6.42 Å². The number of ether oxygens (including phenoxy) is 3. The number of cyclic esters (lactones) is 2. The Hall–Kier alpha value is -3.43. The predicted octanol–water partition coefficient (Wildman–Crippen LogP) is 4.42. The SMILES string of the molecule is C#CCOc1ccc([C@H](c2c[nH]c3ccccc23)C2C(=O)OC(C)(C)OC2=O)cc1Cl. The summed E-state index contributed by atoms with van der Waals surface area (Å²) in [6, 6.07) is 12.7. The Labute approximate surface area is 184 Å². The van der Waals surface area contributed by atoms with Gasteiger partial charge in [-0.3, -0.25) is 9.59 Å². The van der Waals surface area contributed by atoms with Crippen molar-refractivity contribution < 1.29 is 23.8 Å². The van der Waals surface area contributed by atoms with Crippen LogP contribution in [-0.4, -0.2) is 29.3 Å².